The molecule has 1 nitrogen and oxygen atoms in total. The first-order valence-corrected chi connectivity index (χ1v) is 5.38. The molecule has 0 bridgehead atoms. The molecule has 1 heteroatoms. The molecule has 0 N–H and O–H groups in total. The van der Waals surface area contributed by atoms with Gasteiger partial charge in [-0.3, -0.25) is 0 Å². The average molecular weight is 198 g/mol. The van der Waals surface area contributed by atoms with Gasteiger partial charge in [0.15, 0.2) is 0 Å². The quantitative estimate of drug-likeness (QED) is 0.621. The highest BCUT2D eigenvalue weighted by Gasteiger charge is 2.33. The highest BCUT2D eigenvalue weighted by atomic mass is 16.5. The molecule has 0 radical (unpaired) electrons. The molecule has 0 amide bonds. The Balaban J connectivity index is 2.15. The van der Waals surface area contributed by atoms with Gasteiger partial charge in [0.2, 0.25) is 0 Å². The predicted octanol–water partition coefficient (Wildman–Crippen LogP) is 3.36. The van der Waals surface area contributed by atoms with Crippen LogP contribution in [-0.4, -0.2) is 6.10 Å². The number of fused-ring (bicyclic) bond motifs is 3. The normalized spacial score (nSPS) is 26.7. The van der Waals surface area contributed by atoms with Crippen molar-refractivity contribution in [3.8, 4) is 5.75 Å². The Hall–Kier alpha value is -1.50. The lowest BCUT2D eigenvalue weighted by Gasteiger charge is -2.17. The minimum Gasteiger partial charge on any atom is -0.485 e. The predicted molar refractivity (Wildman–Crippen MR) is 61.2 cm³/mol. The summed E-state index contributed by atoms with van der Waals surface area (Å²) in [6, 6.07) is 6.29. The molecule has 2 unspecified atom stereocenters. The highest BCUT2D eigenvalue weighted by Crippen LogP contribution is 2.43. The fraction of sp³-hybridized carbons (Fsp3) is 0.286. The second-order valence-corrected chi connectivity index (χ2v) is 4.36. The van der Waals surface area contributed by atoms with Crippen LogP contribution < -0.4 is 4.74 Å². The largest absolute Gasteiger partial charge is 0.485 e. The van der Waals surface area contributed by atoms with Gasteiger partial charge < -0.3 is 4.74 Å². The molecule has 0 saturated heterocycles. The fourth-order valence-corrected chi connectivity index (χ4v) is 2.49. The van der Waals surface area contributed by atoms with Crippen LogP contribution in [-0.2, 0) is 0 Å². The van der Waals surface area contributed by atoms with Crippen molar-refractivity contribution in [3.63, 3.8) is 0 Å². The molecule has 0 spiro atoms. The summed E-state index contributed by atoms with van der Waals surface area (Å²) >= 11 is 0. The van der Waals surface area contributed by atoms with Crippen LogP contribution in [0.15, 0.2) is 42.0 Å². The van der Waals surface area contributed by atoms with Crippen LogP contribution in [0.3, 0.4) is 0 Å². The maximum atomic E-state index is 5.91. The first-order valence-electron chi connectivity index (χ1n) is 5.38. The monoisotopic (exact) mass is 198 g/mol. The fourth-order valence-electron chi connectivity index (χ4n) is 2.49. The van der Waals surface area contributed by atoms with E-state index in [1.807, 2.05) is 0 Å². The molecular formula is C14H14O. The van der Waals surface area contributed by atoms with E-state index in [2.05, 4.69) is 50.3 Å². The van der Waals surface area contributed by atoms with E-state index in [1.54, 1.807) is 0 Å². The molecule has 1 aliphatic heterocycles. The molecule has 0 saturated carbocycles. The number of ether oxygens (including phenoxy) is 1. The zero-order chi connectivity index (χ0) is 10.4. The van der Waals surface area contributed by atoms with Crippen LogP contribution in [0.1, 0.15) is 24.0 Å². The summed E-state index contributed by atoms with van der Waals surface area (Å²) in [6.07, 6.45) is 6.83. The third-order valence-corrected chi connectivity index (χ3v) is 3.23. The summed E-state index contributed by atoms with van der Waals surface area (Å²) in [5.74, 6) is 1.48. The molecule has 0 fully saturated rings. The number of rotatable bonds is 0. The summed E-state index contributed by atoms with van der Waals surface area (Å²) in [7, 11) is 0. The highest BCUT2D eigenvalue weighted by molar-refractivity contribution is 5.51. The van der Waals surface area contributed by atoms with Crippen molar-refractivity contribution >= 4 is 0 Å². The first-order chi connectivity index (χ1) is 7.25. The standard InChI is InChI=1S/C14H14O/c1-9-6-7-12-11(8-9)14-10(2)4-3-5-13(14)15-12/h3-8,11-12H,1-2H3. The van der Waals surface area contributed by atoms with Crippen LogP contribution in [0.4, 0.5) is 0 Å². The van der Waals surface area contributed by atoms with Crippen LogP contribution in [0.5, 0.6) is 5.75 Å². The van der Waals surface area contributed by atoms with Crippen LogP contribution in [0, 0.1) is 6.92 Å². The van der Waals surface area contributed by atoms with Crippen LogP contribution in [0.2, 0.25) is 0 Å². The number of aryl methyl sites for hydroxylation is 1. The zero-order valence-electron chi connectivity index (χ0n) is 9.03. The minimum absolute atomic E-state index is 0.213. The van der Waals surface area contributed by atoms with Gasteiger partial charge in [0.05, 0.1) is 0 Å². The van der Waals surface area contributed by atoms with E-state index in [9.17, 15) is 0 Å². The van der Waals surface area contributed by atoms with Crippen molar-refractivity contribution in [3.05, 3.63) is 53.1 Å². The Labute approximate surface area is 90.1 Å². The van der Waals surface area contributed by atoms with Crippen LogP contribution >= 0.6 is 0 Å². The summed E-state index contributed by atoms with van der Waals surface area (Å²) in [5, 5.41) is 0. The lowest BCUT2D eigenvalue weighted by molar-refractivity contribution is 0.268. The number of hydrogen-bond acceptors (Lipinski definition) is 1. The van der Waals surface area contributed by atoms with Gasteiger partial charge in [-0.05, 0) is 31.6 Å². The summed E-state index contributed by atoms with van der Waals surface area (Å²) in [6.45, 7) is 4.30. The molecule has 2 aliphatic rings. The zero-order valence-corrected chi connectivity index (χ0v) is 9.03. The molecule has 1 heterocycles. The molecule has 0 aromatic heterocycles. The van der Waals surface area contributed by atoms with Gasteiger partial charge in [-0.25, -0.2) is 0 Å². The van der Waals surface area contributed by atoms with Crippen molar-refractivity contribution in [2.75, 3.05) is 0 Å². The van der Waals surface area contributed by atoms with Crippen molar-refractivity contribution < 1.29 is 4.74 Å². The molecule has 76 valence electrons. The van der Waals surface area contributed by atoms with Gasteiger partial charge >= 0.3 is 0 Å². The Morgan fingerprint density at radius 3 is 2.93 bits per heavy atom. The van der Waals surface area contributed by atoms with E-state index in [0.717, 1.165) is 5.75 Å². The first kappa shape index (κ1) is 8.78. The number of allylic oxidation sites excluding steroid dienone is 2. The molecule has 1 aliphatic carbocycles. The topological polar surface area (TPSA) is 9.23 Å². The van der Waals surface area contributed by atoms with Crippen molar-refractivity contribution in [2.24, 2.45) is 0 Å². The molecule has 1 aromatic rings. The lowest BCUT2D eigenvalue weighted by Crippen LogP contribution is -2.17. The third-order valence-electron chi connectivity index (χ3n) is 3.23. The Morgan fingerprint density at radius 2 is 2.07 bits per heavy atom. The summed E-state index contributed by atoms with van der Waals surface area (Å²) in [4.78, 5) is 0. The van der Waals surface area contributed by atoms with Gasteiger partial charge in [0.25, 0.3) is 0 Å². The molecule has 1 aromatic carbocycles. The smallest absolute Gasteiger partial charge is 0.128 e. The average Bonchev–Trinajstić information content (AvgIpc) is 2.57. The van der Waals surface area contributed by atoms with E-state index in [0.29, 0.717) is 5.92 Å². The molecule has 2 atom stereocenters. The van der Waals surface area contributed by atoms with Gasteiger partial charge in [0.1, 0.15) is 11.9 Å². The summed E-state index contributed by atoms with van der Waals surface area (Å²) in [5.41, 5.74) is 4.03. The van der Waals surface area contributed by atoms with E-state index in [4.69, 9.17) is 4.74 Å². The maximum absolute atomic E-state index is 5.91. The molecule has 3 rings (SSSR count). The number of hydrogen-bond donors (Lipinski definition) is 0. The lowest BCUT2D eigenvalue weighted by atomic mass is 9.87. The second-order valence-electron chi connectivity index (χ2n) is 4.36. The van der Waals surface area contributed by atoms with Crippen molar-refractivity contribution in [1.82, 2.24) is 0 Å². The van der Waals surface area contributed by atoms with Gasteiger partial charge in [-0.2, -0.15) is 0 Å². The minimum atomic E-state index is 0.213. The van der Waals surface area contributed by atoms with E-state index in [-0.39, 0.29) is 6.10 Å². The molecule has 15 heavy (non-hydrogen) atoms. The van der Waals surface area contributed by atoms with E-state index in [1.165, 1.54) is 16.7 Å². The van der Waals surface area contributed by atoms with Crippen molar-refractivity contribution in [2.45, 2.75) is 25.9 Å². The van der Waals surface area contributed by atoms with Gasteiger partial charge in [0, 0.05) is 11.5 Å². The Bertz CT molecular complexity index is 468. The SMILES string of the molecule is CC1=CC2c3c(C)cccc3OC2C=C1. The Kier molecular flexibility index (Phi) is 1.75. The van der Waals surface area contributed by atoms with Crippen LogP contribution in [0.25, 0.3) is 0 Å². The van der Waals surface area contributed by atoms with Crippen molar-refractivity contribution in [1.29, 1.82) is 0 Å². The number of benzene rings is 1. The Morgan fingerprint density at radius 1 is 1.20 bits per heavy atom. The summed E-state index contributed by atoms with van der Waals surface area (Å²) < 4.78 is 5.91. The van der Waals surface area contributed by atoms with Gasteiger partial charge in [-0.1, -0.05) is 29.9 Å². The second kappa shape index (κ2) is 2.99. The third kappa shape index (κ3) is 1.23. The van der Waals surface area contributed by atoms with Gasteiger partial charge in [-0.15, -0.1) is 0 Å². The molecular weight excluding hydrogens is 184 g/mol. The van der Waals surface area contributed by atoms with E-state index < -0.39 is 0 Å². The van der Waals surface area contributed by atoms with E-state index >= 15 is 0 Å². The maximum Gasteiger partial charge on any atom is 0.128 e.